The predicted molar refractivity (Wildman–Crippen MR) is 44.7 cm³/mol. The van der Waals surface area contributed by atoms with Gasteiger partial charge in [-0.3, -0.25) is 10.1 Å². The Balaban J connectivity index is 3.23. The fourth-order valence-corrected chi connectivity index (χ4v) is 1.08. The normalized spacial score (nSPS) is 11.6. The van der Waals surface area contributed by atoms with Gasteiger partial charge in [0.25, 0.3) is 5.69 Å². The molecule has 1 aromatic rings. The highest BCUT2D eigenvalue weighted by Crippen LogP contribution is 2.37. The van der Waals surface area contributed by atoms with E-state index in [0.29, 0.717) is 18.2 Å². The van der Waals surface area contributed by atoms with E-state index < -0.39 is 34.7 Å². The third-order valence-electron chi connectivity index (χ3n) is 1.70. The molecule has 0 bridgehead atoms. The van der Waals surface area contributed by atoms with Crippen LogP contribution in [0.1, 0.15) is 5.56 Å². The van der Waals surface area contributed by atoms with Gasteiger partial charge >= 0.3 is 12.8 Å². The highest BCUT2D eigenvalue weighted by Gasteiger charge is 2.38. The van der Waals surface area contributed by atoms with Crippen LogP contribution in [0.3, 0.4) is 0 Å². The van der Waals surface area contributed by atoms with Crippen molar-refractivity contribution in [2.75, 3.05) is 0 Å². The van der Waals surface area contributed by atoms with Crippen LogP contribution in [0, 0.1) is 10.1 Å². The molecule has 1 aromatic carbocycles. The van der Waals surface area contributed by atoms with Gasteiger partial charge < -0.3 is 4.74 Å². The van der Waals surface area contributed by atoms with Crippen molar-refractivity contribution in [3.8, 4) is 5.75 Å². The van der Waals surface area contributed by atoms with E-state index in [2.05, 4.69) is 4.74 Å². The summed E-state index contributed by atoms with van der Waals surface area (Å²) < 4.78 is 64.2. The van der Waals surface area contributed by atoms with Crippen molar-refractivity contribution in [3.05, 3.63) is 33.9 Å². The van der Waals surface area contributed by atoms with Crippen molar-refractivity contribution in [2.45, 2.75) is 12.8 Å². The first-order chi connectivity index (χ1) is 7.71. The fourth-order valence-electron chi connectivity index (χ4n) is 1.08. The smallest absolute Gasteiger partial charge is 0.423 e. The molecule has 0 spiro atoms. The van der Waals surface area contributed by atoms with Crippen molar-refractivity contribution in [1.82, 2.24) is 0 Å². The number of nitro groups is 1. The van der Waals surface area contributed by atoms with Crippen LogP contribution in [0.5, 0.6) is 5.75 Å². The van der Waals surface area contributed by atoms with Crippen LogP contribution >= 0.6 is 0 Å². The van der Waals surface area contributed by atoms with E-state index in [1.54, 1.807) is 0 Å². The van der Waals surface area contributed by atoms with E-state index in [-0.39, 0.29) is 0 Å². The molecular weight excluding hydrogens is 253 g/mol. The second-order valence-corrected chi connectivity index (χ2v) is 2.81. The molecule has 0 saturated heterocycles. The maximum atomic E-state index is 12.3. The topological polar surface area (TPSA) is 52.4 Å². The molecular formula is C8H4F5NO3. The zero-order valence-corrected chi connectivity index (χ0v) is 7.87. The van der Waals surface area contributed by atoms with E-state index in [1.165, 1.54) is 0 Å². The molecule has 9 heteroatoms. The van der Waals surface area contributed by atoms with Gasteiger partial charge in [0.2, 0.25) is 0 Å². The molecule has 0 aliphatic carbocycles. The van der Waals surface area contributed by atoms with E-state index in [4.69, 9.17) is 0 Å². The zero-order chi connectivity index (χ0) is 13.2. The van der Waals surface area contributed by atoms with Crippen molar-refractivity contribution in [1.29, 1.82) is 0 Å². The SMILES string of the molecule is O=[N+]([O-])c1cc(OC(F)F)ccc1C(F)(F)F. The zero-order valence-electron chi connectivity index (χ0n) is 7.87. The van der Waals surface area contributed by atoms with Crippen molar-refractivity contribution >= 4 is 5.69 Å². The van der Waals surface area contributed by atoms with Gasteiger partial charge in [-0.15, -0.1) is 0 Å². The third-order valence-corrected chi connectivity index (χ3v) is 1.70. The summed E-state index contributed by atoms with van der Waals surface area (Å²) in [7, 11) is 0. The Hall–Kier alpha value is -1.93. The molecule has 0 aliphatic heterocycles. The highest BCUT2D eigenvalue weighted by atomic mass is 19.4. The lowest BCUT2D eigenvalue weighted by atomic mass is 10.1. The van der Waals surface area contributed by atoms with Gasteiger partial charge in [-0.05, 0) is 12.1 Å². The number of benzene rings is 1. The number of rotatable bonds is 3. The van der Waals surface area contributed by atoms with Crippen LogP contribution in [0.2, 0.25) is 0 Å². The lowest BCUT2D eigenvalue weighted by Crippen LogP contribution is -2.10. The minimum Gasteiger partial charge on any atom is -0.435 e. The first-order valence-corrected chi connectivity index (χ1v) is 4.02. The molecule has 4 nitrogen and oxygen atoms in total. The summed E-state index contributed by atoms with van der Waals surface area (Å²) in [4.78, 5) is 9.05. The van der Waals surface area contributed by atoms with Gasteiger partial charge in [-0.25, -0.2) is 0 Å². The Morgan fingerprint density at radius 3 is 2.29 bits per heavy atom. The second-order valence-electron chi connectivity index (χ2n) is 2.81. The van der Waals surface area contributed by atoms with Crippen LogP contribution in [0.15, 0.2) is 18.2 Å². The molecule has 0 aliphatic rings. The summed E-state index contributed by atoms with van der Waals surface area (Å²) in [6, 6.07) is 1.20. The van der Waals surface area contributed by atoms with Crippen molar-refractivity contribution in [2.24, 2.45) is 0 Å². The minimum absolute atomic E-state index is 0.301. The lowest BCUT2D eigenvalue weighted by Gasteiger charge is -2.09. The van der Waals surface area contributed by atoms with Crippen LogP contribution in [0.25, 0.3) is 0 Å². The molecule has 0 aromatic heterocycles. The van der Waals surface area contributed by atoms with E-state index in [0.717, 1.165) is 0 Å². The maximum Gasteiger partial charge on any atom is 0.423 e. The number of halogens is 5. The quantitative estimate of drug-likeness (QED) is 0.474. The van der Waals surface area contributed by atoms with Crippen LogP contribution in [0.4, 0.5) is 27.6 Å². The van der Waals surface area contributed by atoms with Gasteiger partial charge in [-0.1, -0.05) is 0 Å². The largest absolute Gasteiger partial charge is 0.435 e. The van der Waals surface area contributed by atoms with Crippen LogP contribution in [-0.4, -0.2) is 11.5 Å². The predicted octanol–water partition coefficient (Wildman–Crippen LogP) is 3.22. The summed E-state index contributed by atoms with van der Waals surface area (Å²) in [6.45, 7) is -3.27. The average Bonchev–Trinajstić information content (AvgIpc) is 2.14. The Bertz CT molecular complexity index is 432. The Morgan fingerprint density at radius 2 is 1.88 bits per heavy atom. The maximum absolute atomic E-state index is 12.3. The molecule has 0 saturated carbocycles. The molecule has 0 heterocycles. The Kier molecular flexibility index (Phi) is 3.49. The molecule has 1 rings (SSSR count). The van der Waals surface area contributed by atoms with Gasteiger partial charge in [0.1, 0.15) is 11.3 Å². The highest BCUT2D eigenvalue weighted by molar-refractivity contribution is 5.47. The molecule has 94 valence electrons. The third kappa shape index (κ3) is 3.26. The van der Waals surface area contributed by atoms with Gasteiger partial charge in [0, 0.05) is 0 Å². The van der Waals surface area contributed by atoms with Gasteiger partial charge in [0.05, 0.1) is 11.0 Å². The number of nitrogens with zero attached hydrogens (tertiary/aromatic N) is 1. The number of alkyl halides is 5. The lowest BCUT2D eigenvalue weighted by molar-refractivity contribution is -0.388. The monoisotopic (exact) mass is 257 g/mol. The van der Waals surface area contributed by atoms with E-state index in [1.807, 2.05) is 0 Å². The molecule has 0 amide bonds. The van der Waals surface area contributed by atoms with Crippen LogP contribution < -0.4 is 4.74 Å². The number of hydrogen-bond donors (Lipinski definition) is 0. The van der Waals surface area contributed by atoms with E-state index in [9.17, 15) is 32.1 Å². The first kappa shape index (κ1) is 13.1. The summed E-state index contributed by atoms with van der Waals surface area (Å²) in [5, 5.41) is 10.4. The fraction of sp³-hybridized carbons (Fsp3) is 0.250. The summed E-state index contributed by atoms with van der Waals surface area (Å²) >= 11 is 0. The molecule has 0 fully saturated rings. The number of ether oxygens (including phenoxy) is 1. The second kappa shape index (κ2) is 4.52. The number of nitro benzene ring substituents is 1. The molecule has 0 radical (unpaired) electrons. The summed E-state index contributed by atoms with van der Waals surface area (Å²) in [6.07, 6.45) is -4.94. The first-order valence-electron chi connectivity index (χ1n) is 4.02. The Morgan fingerprint density at radius 1 is 1.29 bits per heavy atom. The summed E-state index contributed by atoms with van der Waals surface area (Å²) in [5.41, 5.74) is -2.86. The van der Waals surface area contributed by atoms with Crippen molar-refractivity contribution in [3.63, 3.8) is 0 Å². The molecule has 0 atom stereocenters. The number of hydrogen-bond acceptors (Lipinski definition) is 3. The molecule has 17 heavy (non-hydrogen) atoms. The standard InChI is InChI=1S/C8H4F5NO3/c9-7(10)17-4-1-2-5(8(11,12)13)6(3-4)14(15)16/h1-3,7H. The van der Waals surface area contributed by atoms with Crippen LogP contribution in [-0.2, 0) is 6.18 Å². The van der Waals surface area contributed by atoms with Gasteiger partial charge in [-0.2, -0.15) is 22.0 Å². The van der Waals surface area contributed by atoms with Gasteiger partial charge in [0.15, 0.2) is 0 Å². The van der Waals surface area contributed by atoms with Crippen molar-refractivity contribution < 1.29 is 31.6 Å². The summed E-state index contributed by atoms with van der Waals surface area (Å²) in [5.74, 6) is -0.709. The molecule has 0 N–H and O–H groups in total. The minimum atomic E-state index is -4.94. The Labute approximate surface area is 90.8 Å². The van der Waals surface area contributed by atoms with E-state index >= 15 is 0 Å². The molecule has 0 unspecified atom stereocenters. The average molecular weight is 257 g/mol.